The number of hydrogen-bond acceptors (Lipinski definition) is 3. The summed E-state index contributed by atoms with van der Waals surface area (Å²) in [6.45, 7) is 0.473. The first-order valence-corrected chi connectivity index (χ1v) is 6.70. The molecule has 1 aromatic rings. The average Bonchev–Trinajstić information content (AvgIpc) is 2.35. The van der Waals surface area contributed by atoms with E-state index < -0.39 is 4.92 Å². The highest BCUT2D eigenvalue weighted by atomic mass is 79.9. The number of carbonyl (C=O) groups excluding carboxylic acids is 1. The smallest absolute Gasteiger partial charge is 0.294 e. The maximum absolute atomic E-state index is 11.7. The van der Waals surface area contributed by atoms with E-state index in [1.807, 2.05) is 6.07 Å². The molecule has 2 rings (SSSR count). The highest BCUT2D eigenvalue weighted by Gasteiger charge is 2.30. The minimum Gasteiger partial charge on any atom is -0.305 e. The Hall–Kier alpha value is -1.14. The normalized spacial score (nSPS) is 14.2. The molecule has 0 unspecified atom stereocenters. The SMILES string of the molecule is O=C(CCl)N1CCCc2cc(Br)cc([N+](=O)[O-])c21. The van der Waals surface area contributed by atoms with E-state index in [9.17, 15) is 14.9 Å². The summed E-state index contributed by atoms with van der Waals surface area (Å²) in [5, 5.41) is 11.1. The van der Waals surface area contributed by atoms with Crippen molar-refractivity contribution in [2.45, 2.75) is 12.8 Å². The molecular formula is C11H10BrClN2O3. The van der Waals surface area contributed by atoms with Crippen molar-refractivity contribution in [1.82, 2.24) is 0 Å². The molecule has 0 radical (unpaired) electrons. The molecule has 5 nitrogen and oxygen atoms in total. The van der Waals surface area contributed by atoms with Gasteiger partial charge in [0.15, 0.2) is 0 Å². The van der Waals surface area contributed by atoms with Crippen LogP contribution in [0.5, 0.6) is 0 Å². The van der Waals surface area contributed by atoms with Gasteiger partial charge in [0.1, 0.15) is 11.6 Å². The number of amides is 1. The van der Waals surface area contributed by atoms with Crippen LogP contribution in [0.2, 0.25) is 0 Å². The highest BCUT2D eigenvalue weighted by molar-refractivity contribution is 9.10. The van der Waals surface area contributed by atoms with E-state index in [0.717, 1.165) is 18.4 Å². The minimum atomic E-state index is -0.469. The molecule has 0 bridgehead atoms. The zero-order valence-corrected chi connectivity index (χ0v) is 11.7. The molecule has 0 spiro atoms. The first kappa shape index (κ1) is 13.3. The van der Waals surface area contributed by atoms with Crippen LogP contribution in [0.15, 0.2) is 16.6 Å². The van der Waals surface area contributed by atoms with Crippen molar-refractivity contribution < 1.29 is 9.72 Å². The van der Waals surface area contributed by atoms with Crippen molar-refractivity contribution in [2.75, 3.05) is 17.3 Å². The number of nitrogens with zero attached hydrogens (tertiary/aromatic N) is 2. The molecule has 1 aromatic carbocycles. The van der Waals surface area contributed by atoms with Gasteiger partial charge >= 0.3 is 0 Å². The Balaban J connectivity index is 2.60. The maximum atomic E-state index is 11.7. The zero-order valence-electron chi connectivity index (χ0n) is 9.36. The second-order valence-corrected chi connectivity index (χ2v) is 5.16. The van der Waals surface area contributed by atoms with Crippen LogP contribution in [0.3, 0.4) is 0 Å². The second kappa shape index (κ2) is 5.24. The predicted molar refractivity (Wildman–Crippen MR) is 72.2 cm³/mol. The summed E-state index contributed by atoms with van der Waals surface area (Å²) >= 11 is 8.79. The van der Waals surface area contributed by atoms with Crippen molar-refractivity contribution in [2.24, 2.45) is 0 Å². The third kappa shape index (κ3) is 2.35. The van der Waals surface area contributed by atoms with Gasteiger partial charge in [0.2, 0.25) is 5.91 Å². The number of hydrogen-bond donors (Lipinski definition) is 0. The quantitative estimate of drug-likeness (QED) is 0.475. The number of fused-ring (bicyclic) bond motifs is 1. The van der Waals surface area contributed by atoms with Crippen molar-refractivity contribution in [3.63, 3.8) is 0 Å². The lowest BCUT2D eigenvalue weighted by atomic mass is 10.0. The number of alkyl halides is 1. The Morgan fingerprint density at radius 2 is 2.28 bits per heavy atom. The Morgan fingerprint density at radius 3 is 2.89 bits per heavy atom. The largest absolute Gasteiger partial charge is 0.305 e. The van der Waals surface area contributed by atoms with Crippen LogP contribution in [0.4, 0.5) is 11.4 Å². The molecule has 0 saturated carbocycles. The zero-order chi connectivity index (χ0) is 13.3. The van der Waals surface area contributed by atoms with Gasteiger partial charge < -0.3 is 4.90 Å². The molecule has 0 fully saturated rings. The number of anilines is 1. The first-order chi connectivity index (χ1) is 8.54. The summed E-state index contributed by atoms with van der Waals surface area (Å²) in [6.07, 6.45) is 1.50. The Morgan fingerprint density at radius 1 is 1.56 bits per heavy atom. The predicted octanol–water partition coefficient (Wildman–Crippen LogP) is 2.88. The van der Waals surface area contributed by atoms with E-state index in [4.69, 9.17) is 11.6 Å². The minimum absolute atomic E-state index is 0.0578. The standard InChI is InChI=1S/C11H10BrClN2O3/c12-8-4-7-2-1-3-14(10(16)6-13)11(7)9(5-8)15(17)18/h4-5H,1-3,6H2. The molecule has 18 heavy (non-hydrogen) atoms. The van der Waals surface area contributed by atoms with Crippen molar-refractivity contribution >= 4 is 44.8 Å². The Labute approximate surface area is 117 Å². The highest BCUT2D eigenvalue weighted by Crippen LogP contribution is 2.38. The third-order valence-corrected chi connectivity index (χ3v) is 3.53. The molecular weight excluding hydrogens is 323 g/mol. The molecule has 0 aliphatic carbocycles. The topological polar surface area (TPSA) is 63.5 Å². The van der Waals surface area contributed by atoms with Gasteiger partial charge in [-0.05, 0) is 24.5 Å². The summed E-state index contributed by atoms with van der Waals surface area (Å²) in [6, 6.07) is 3.23. The molecule has 0 N–H and O–H groups in total. The number of carbonyl (C=O) groups is 1. The molecule has 0 aromatic heterocycles. The lowest BCUT2D eigenvalue weighted by Gasteiger charge is -2.28. The van der Waals surface area contributed by atoms with Crippen LogP contribution in [0.1, 0.15) is 12.0 Å². The van der Waals surface area contributed by atoms with E-state index in [1.54, 1.807) is 0 Å². The van der Waals surface area contributed by atoms with Crippen LogP contribution in [-0.2, 0) is 11.2 Å². The van der Waals surface area contributed by atoms with Crippen LogP contribution in [0, 0.1) is 10.1 Å². The van der Waals surface area contributed by atoms with Gasteiger partial charge in [0, 0.05) is 17.1 Å². The molecule has 96 valence electrons. The summed E-state index contributed by atoms with van der Waals surface area (Å²) in [5.41, 5.74) is 1.14. The molecule has 1 amide bonds. The number of rotatable bonds is 2. The fourth-order valence-corrected chi connectivity index (χ4v) is 2.78. The number of nitro benzene ring substituents is 1. The fourth-order valence-electron chi connectivity index (χ4n) is 2.14. The van der Waals surface area contributed by atoms with Crippen LogP contribution < -0.4 is 4.90 Å². The third-order valence-electron chi connectivity index (χ3n) is 2.84. The van der Waals surface area contributed by atoms with Gasteiger partial charge in [0.25, 0.3) is 5.69 Å². The van der Waals surface area contributed by atoms with Gasteiger partial charge in [0.05, 0.1) is 4.92 Å². The summed E-state index contributed by atoms with van der Waals surface area (Å²) in [7, 11) is 0. The molecule has 7 heteroatoms. The van der Waals surface area contributed by atoms with E-state index >= 15 is 0 Å². The summed E-state index contributed by atoms with van der Waals surface area (Å²) < 4.78 is 0.646. The van der Waals surface area contributed by atoms with Crippen molar-refractivity contribution in [3.8, 4) is 0 Å². The van der Waals surface area contributed by atoms with E-state index in [2.05, 4.69) is 15.9 Å². The number of nitro groups is 1. The average molecular weight is 334 g/mol. The van der Waals surface area contributed by atoms with E-state index in [-0.39, 0.29) is 17.5 Å². The fraction of sp³-hybridized carbons (Fsp3) is 0.364. The van der Waals surface area contributed by atoms with Gasteiger partial charge in [-0.1, -0.05) is 15.9 Å². The molecule has 0 atom stereocenters. The first-order valence-electron chi connectivity index (χ1n) is 5.37. The lowest BCUT2D eigenvalue weighted by molar-refractivity contribution is -0.384. The van der Waals surface area contributed by atoms with Gasteiger partial charge in [-0.3, -0.25) is 14.9 Å². The number of aryl methyl sites for hydroxylation is 1. The van der Waals surface area contributed by atoms with Gasteiger partial charge in [-0.25, -0.2) is 0 Å². The van der Waals surface area contributed by atoms with Gasteiger partial charge in [-0.15, -0.1) is 11.6 Å². The van der Waals surface area contributed by atoms with E-state index in [1.165, 1.54) is 11.0 Å². The number of halogens is 2. The number of benzene rings is 1. The molecule has 0 saturated heterocycles. The van der Waals surface area contributed by atoms with Gasteiger partial charge in [-0.2, -0.15) is 0 Å². The Bertz CT molecular complexity index is 521. The molecule has 1 aliphatic heterocycles. The Kier molecular flexibility index (Phi) is 3.87. The van der Waals surface area contributed by atoms with Crippen LogP contribution in [-0.4, -0.2) is 23.3 Å². The van der Waals surface area contributed by atoms with Crippen molar-refractivity contribution in [1.29, 1.82) is 0 Å². The molecule has 1 aliphatic rings. The summed E-state index contributed by atoms with van der Waals surface area (Å²) in [5.74, 6) is -0.477. The maximum Gasteiger partial charge on any atom is 0.294 e. The van der Waals surface area contributed by atoms with Crippen molar-refractivity contribution in [3.05, 3.63) is 32.3 Å². The van der Waals surface area contributed by atoms with Crippen LogP contribution in [0.25, 0.3) is 0 Å². The lowest BCUT2D eigenvalue weighted by Crippen LogP contribution is -2.36. The monoisotopic (exact) mass is 332 g/mol. The van der Waals surface area contributed by atoms with E-state index in [0.29, 0.717) is 16.7 Å². The summed E-state index contributed by atoms with van der Waals surface area (Å²) in [4.78, 5) is 23.8. The van der Waals surface area contributed by atoms with Crippen LogP contribution >= 0.6 is 27.5 Å². The molecule has 1 heterocycles. The second-order valence-electron chi connectivity index (χ2n) is 3.97.